The molecular formula is C23H26N2O4. The second-order valence-corrected chi connectivity index (χ2v) is 7.50. The number of hydrogen-bond acceptors (Lipinski definition) is 4. The Labute approximate surface area is 170 Å². The summed E-state index contributed by atoms with van der Waals surface area (Å²) in [4.78, 5) is 24.1. The second kappa shape index (κ2) is 9.03. The smallest absolute Gasteiger partial charge is 0.328 e. The van der Waals surface area contributed by atoms with Crippen LogP contribution in [0, 0.1) is 0 Å². The molecule has 0 radical (unpaired) electrons. The summed E-state index contributed by atoms with van der Waals surface area (Å²) >= 11 is 0. The van der Waals surface area contributed by atoms with Crippen LogP contribution in [0.4, 0.5) is 0 Å². The van der Waals surface area contributed by atoms with E-state index >= 15 is 0 Å². The van der Waals surface area contributed by atoms with Gasteiger partial charge in [-0.15, -0.1) is 0 Å². The number of nitrogens with zero attached hydrogens (tertiary/aromatic N) is 2. The summed E-state index contributed by atoms with van der Waals surface area (Å²) in [6, 6.07) is 19.0. The number of benzene rings is 2. The Morgan fingerprint density at radius 2 is 1.52 bits per heavy atom. The molecule has 29 heavy (non-hydrogen) atoms. The highest BCUT2D eigenvalue weighted by atomic mass is 16.4. The lowest BCUT2D eigenvalue weighted by Gasteiger charge is -2.37. The minimum Gasteiger partial charge on any atom is -0.478 e. The Morgan fingerprint density at radius 3 is 2.10 bits per heavy atom. The van der Waals surface area contributed by atoms with E-state index in [0.717, 1.165) is 19.5 Å². The van der Waals surface area contributed by atoms with Gasteiger partial charge in [-0.1, -0.05) is 48.5 Å². The molecule has 0 fully saturated rings. The third-order valence-electron chi connectivity index (χ3n) is 5.32. The predicted octanol–water partition coefficient (Wildman–Crippen LogP) is 2.96. The molecule has 0 saturated heterocycles. The molecule has 2 bridgehead atoms. The molecular weight excluding hydrogens is 368 g/mol. The van der Waals surface area contributed by atoms with Crippen LogP contribution in [0.5, 0.6) is 0 Å². The summed E-state index contributed by atoms with van der Waals surface area (Å²) in [5, 5.41) is 15.6. The quantitative estimate of drug-likeness (QED) is 0.759. The number of hydrogen-bond donors (Lipinski definition) is 2. The fourth-order valence-electron chi connectivity index (χ4n) is 4.11. The summed E-state index contributed by atoms with van der Waals surface area (Å²) in [5.41, 5.74) is 6.10. The zero-order valence-corrected chi connectivity index (χ0v) is 16.7. The van der Waals surface area contributed by atoms with Crippen molar-refractivity contribution in [3.8, 4) is 0 Å². The van der Waals surface area contributed by atoms with Crippen LogP contribution in [0.3, 0.4) is 0 Å². The van der Waals surface area contributed by atoms with Crippen molar-refractivity contribution in [2.45, 2.75) is 18.5 Å². The van der Waals surface area contributed by atoms with Gasteiger partial charge in [-0.25, -0.2) is 9.59 Å². The van der Waals surface area contributed by atoms with Crippen LogP contribution in [0.15, 0.2) is 60.7 Å². The molecule has 2 aliphatic rings. The average Bonchev–Trinajstić information content (AvgIpc) is 2.91. The maximum absolute atomic E-state index is 9.55. The van der Waals surface area contributed by atoms with E-state index in [1.165, 1.54) is 22.3 Å². The third kappa shape index (κ3) is 4.72. The number of aliphatic carboxylic acids is 2. The first kappa shape index (κ1) is 20.8. The summed E-state index contributed by atoms with van der Waals surface area (Å²) < 4.78 is 0. The largest absolute Gasteiger partial charge is 0.478 e. The van der Waals surface area contributed by atoms with Crippen LogP contribution in [0.1, 0.15) is 34.3 Å². The van der Waals surface area contributed by atoms with Crippen molar-refractivity contribution in [1.82, 2.24) is 9.80 Å². The summed E-state index contributed by atoms with van der Waals surface area (Å²) in [7, 11) is 4.32. The maximum Gasteiger partial charge on any atom is 0.328 e. The molecule has 152 valence electrons. The molecule has 2 unspecified atom stereocenters. The van der Waals surface area contributed by atoms with Crippen molar-refractivity contribution >= 4 is 11.9 Å². The predicted molar refractivity (Wildman–Crippen MR) is 111 cm³/mol. The van der Waals surface area contributed by atoms with Crippen LogP contribution < -0.4 is 0 Å². The van der Waals surface area contributed by atoms with Gasteiger partial charge in [0.05, 0.1) is 6.04 Å². The number of fused-ring (bicyclic) bond motifs is 7. The molecule has 2 aromatic carbocycles. The van der Waals surface area contributed by atoms with Gasteiger partial charge in [0, 0.05) is 31.3 Å². The molecule has 0 amide bonds. The van der Waals surface area contributed by atoms with E-state index in [9.17, 15) is 9.59 Å². The van der Waals surface area contributed by atoms with Crippen molar-refractivity contribution in [2.75, 3.05) is 27.2 Å². The van der Waals surface area contributed by atoms with Gasteiger partial charge in [0.15, 0.2) is 0 Å². The Balaban J connectivity index is 0.000000258. The van der Waals surface area contributed by atoms with Crippen LogP contribution in [-0.2, 0) is 16.0 Å². The molecule has 0 aliphatic carbocycles. The summed E-state index contributed by atoms with van der Waals surface area (Å²) in [6.07, 6.45) is 2.27. The molecule has 4 rings (SSSR count). The SMILES string of the molecule is CN(C)CCN1C2Cc3ccccc3C1c1ccccc12.O=C(O)/C=C/C(=O)O. The highest BCUT2D eigenvalue weighted by Gasteiger charge is 2.43. The van der Waals surface area contributed by atoms with Gasteiger partial charge in [0.2, 0.25) is 0 Å². The molecule has 2 N–H and O–H groups in total. The van der Waals surface area contributed by atoms with Gasteiger partial charge in [-0.05, 0) is 42.8 Å². The standard InChI is InChI=1S/C19H22N2.C4H4O4/c1-20(2)11-12-21-18-13-14-7-3-4-8-15(14)19(21)17-10-6-5-9-16(17)18;5-3(6)1-2-4(7)8/h3-10,18-19H,11-13H2,1-2H3;1-2H,(H,5,6)(H,7,8)/b;2-1+. The lowest BCUT2D eigenvalue weighted by molar-refractivity contribution is -0.134. The van der Waals surface area contributed by atoms with Crippen LogP contribution in [-0.4, -0.2) is 59.1 Å². The third-order valence-corrected chi connectivity index (χ3v) is 5.32. The van der Waals surface area contributed by atoms with Crippen molar-refractivity contribution in [3.63, 3.8) is 0 Å². The first-order valence-corrected chi connectivity index (χ1v) is 9.59. The van der Waals surface area contributed by atoms with E-state index in [2.05, 4.69) is 72.4 Å². The fourth-order valence-corrected chi connectivity index (χ4v) is 4.11. The van der Waals surface area contributed by atoms with Crippen molar-refractivity contribution < 1.29 is 19.8 Å². The first-order valence-electron chi connectivity index (χ1n) is 9.59. The normalized spacial score (nSPS) is 19.4. The molecule has 6 heteroatoms. The minimum absolute atomic E-state index is 0.455. The average molecular weight is 394 g/mol. The monoisotopic (exact) mass is 394 g/mol. The van der Waals surface area contributed by atoms with Gasteiger partial charge in [0.25, 0.3) is 0 Å². The Hall–Kier alpha value is -2.96. The fraction of sp³-hybridized carbons (Fsp3) is 0.304. The zero-order valence-electron chi connectivity index (χ0n) is 16.7. The van der Waals surface area contributed by atoms with Crippen molar-refractivity contribution in [3.05, 3.63) is 82.9 Å². The highest BCUT2D eigenvalue weighted by molar-refractivity contribution is 5.89. The molecule has 2 atom stereocenters. The van der Waals surface area contributed by atoms with E-state index in [-0.39, 0.29) is 0 Å². The zero-order chi connectivity index (χ0) is 21.0. The summed E-state index contributed by atoms with van der Waals surface area (Å²) in [5.74, 6) is -2.51. The van der Waals surface area contributed by atoms with Gasteiger partial charge in [0.1, 0.15) is 0 Å². The van der Waals surface area contributed by atoms with E-state index in [0.29, 0.717) is 24.2 Å². The molecule has 2 heterocycles. The minimum atomic E-state index is -1.26. The van der Waals surface area contributed by atoms with E-state index in [1.54, 1.807) is 0 Å². The van der Waals surface area contributed by atoms with E-state index in [4.69, 9.17) is 10.2 Å². The lowest BCUT2D eigenvalue weighted by Crippen LogP contribution is -2.37. The molecule has 2 aromatic rings. The Morgan fingerprint density at radius 1 is 0.966 bits per heavy atom. The number of carbonyl (C=O) groups is 2. The van der Waals surface area contributed by atoms with E-state index < -0.39 is 11.9 Å². The maximum atomic E-state index is 9.55. The van der Waals surface area contributed by atoms with Crippen LogP contribution in [0.2, 0.25) is 0 Å². The number of carboxylic acid groups (broad SMARTS) is 2. The summed E-state index contributed by atoms with van der Waals surface area (Å²) in [6.45, 7) is 2.24. The van der Waals surface area contributed by atoms with Crippen LogP contribution >= 0.6 is 0 Å². The first-order chi connectivity index (χ1) is 13.9. The van der Waals surface area contributed by atoms with Gasteiger partial charge >= 0.3 is 11.9 Å². The molecule has 0 aromatic heterocycles. The lowest BCUT2D eigenvalue weighted by atomic mass is 9.91. The van der Waals surface area contributed by atoms with Crippen molar-refractivity contribution in [1.29, 1.82) is 0 Å². The number of rotatable bonds is 5. The van der Waals surface area contributed by atoms with E-state index in [1.807, 2.05) is 0 Å². The highest BCUT2D eigenvalue weighted by Crippen LogP contribution is 2.51. The van der Waals surface area contributed by atoms with Gasteiger partial charge < -0.3 is 15.1 Å². The molecule has 0 saturated carbocycles. The topological polar surface area (TPSA) is 81.1 Å². The van der Waals surface area contributed by atoms with Crippen LogP contribution in [0.25, 0.3) is 0 Å². The van der Waals surface area contributed by atoms with Crippen molar-refractivity contribution in [2.24, 2.45) is 0 Å². The molecule has 0 spiro atoms. The number of likely N-dealkylation sites (N-methyl/N-ethyl adjacent to an activating group) is 1. The van der Waals surface area contributed by atoms with Gasteiger partial charge in [-0.3, -0.25) is 4.90 Å². The Kier molecular flexibility index (Phi) is 6.46. The second-order valence-electron chi connectivity index (χ2n) is 7.50. The Bertz CT molecular complexity index is 896. The molecule has 6 nitrogen and oxygen atoms in total. The van der Waals surface area contributed by atoms with Gasteiger partial charge in [-0.2, -0.15) is 0 Å². The number of carboxylic acids is 2. The molecule has 2 aliphatic heterocycles.